The number of rotatable bonds is 15. The summed E-state index contributed by atoms with van der Waals surface area (Å²) in [6.07, 6.45) is 3.59. The molecule has 0 radical (unpaired) electrons. The number of hydrogen-bond acceptors (Lipinski definition) is 12. The number of fused-ring (bicyclic) bond motifs is 1. The van der Waals surface area contributed by atoms with Crippen LogP contribution in [0, 0.1) is 25.1 Å². The van der Waals surface area contributed by atoms with Crippen molar-refractivity contribution in [3.05, 3.63) is 83.1 Å². The van der Waals surface area contributed by atoms with E-state index in [1.165, 1.54) is 23.5 Å². The maximum Gasteiger partial charge on any atom is 0.246 e. The summed E-state index contributed by atoms with van der Waals surface area (Å²) in [4.78, 5) is 80.9. The normalized spacial score (nSPS) is 15.5. The monoisotopic (exact) mass is 880 g/mol. The van der Waals surface area contributed by atoms with Gasteiger partial charge in [-0.15, -0.1) is 11.3 Å². The van der Waals surface area contributed by atoms with E-state index in [1.54, 1.807) is 56.7 Å². The van der Waals surface area contributed by atoms with Crippen molar-refractivity contribution in [1.82, 2.24) is 35.8 Å². The Bertz CT molecular complexity index is 2520. The number of thiazole rings is 1. The number of carbonyl (C=O) groups excluding carboxylic acids is 5. The van der Waals surface area contributed by atoms with Gasteiger partial charge >= 0.3 is 0 Å². The number of nitrogens with one attached hydrogen (secondary N) is 4. The van der Waals surface area contributed by atoms with E-state index in [2.05, 4.69) is 36.2 Å². The molecule has 2 aromatic carbocycles. The fourth-order valence-electron chi connectivity index (χ4n) is 7.41. The summed E-state index contributed by atoms with van der Waals surface area (Å²) >= 11 is 1.55. The average Bonchev–Trinajstić information content (AvgIpc) is 3.86. The number of halogens is 1. The van der Waals surface area contributed by atoms with Gasteiger partial charge in [0.05, 0.1) is 39.8 Å². The lowest BCUT2D eigenvalue weighted by Crippen LogP contribution is -2.57. The van der Waals surface area contributed by atoms with Crippen molar-refractivity contribution in [2.75, 3.05) is 29.9 Å². The van der Waals surface area contributed by atoms with Crippen LogP contribution in [0.2, 0.25) is 0 Å². The number of nitrogen functional groups attached to an aromatic ring is 2. The second-order valence-electron chi connectivity index (χ2n) is 16.8. The van der Waals surface area contributed by atoms with Crippen molar-refractivity contribution in [1.29, 1.82) is 0 Å². The molecule has 1 aliphatic rings. The van der Waals surface area contributed by atoms with Crippen LogP contribution in [-0.2, 0) is 30.5 Å². The number of benzene rings is 2. The number of amides is 5. The average molecular weight is 881 g/mol. The van der Waals surface area contributed by atoms with Crippen LogP contribution in [0.3, 0.4) is 0 Å². The van der Waals surface area contributed by atoms with Crippen molar-refractivity contribution >= 4 is 68.8 Å². The first-order valence-electron chi connectivity index (χ1n) is 20.6. The van der Waals surface area contributed by atoms with Gasteiger partial charge in [-0.3, -0.25) is 29.0 Å². The molecule has 1 aliphatic heterocycles. The number of nitrogens with two attached hydrogens (primary N) is 2. The van der Waals surface area contributed by atoms with Crippen molar-refractivity contribution < 1.29 is 33.5 Å². The molecule has 0 saturated carbocycles. The van der Waals surface area contributed by atoms with Crippen LogP contribution in [-0.4, -0.2) is 85.8 Å². The summed E-state index contributed by atoms with van der Waals surface area (Å²) in [5, 5.41) is 22.5. The van der Waals surface area contributed by atoms with E-state index in [1.807, 2.05) is 31.2 Å². The molecule has 3 atom stereocenters. The van der Waals surface area contributed by atoms with Crippen molar-refractivity contribution in [3.8, 4) is 21.6 Å². The molecular weight excluding hydrogens is 828 g/mol. The molecule has 5 amide bonds. The number of β-amino-alcohol motifs (C(OH)–C–C–N with tert-alkyl or cyclic N) is 1. The van der Waals surface area contributed by atoms with Crippen LogP contribution in [0.15, 0.2) is 60.5 Å². The second-order valence-corrected chi connectivity index (χ2v) is 17.6. The van der Waals surface area contributed by atoms with E-state index in [9.17, 15) is 29.1 Å². The predicted octanol–water partition coefficient (Wildman–Crippen LogP) is 4.76. The molecule has 18 heteroatoms. The highest BCUT2D eigenvalue weighted by Crippen LogP contribution is 2.36. The standard InChI is InChI=1S/C45H53FN10O6S/c1-24-31(19-49-21-33(24)47)30-15-28-16-35(51-20-32(28)40(48)39(30)46)54-37(59)8-6-7-36(58)50-14-13-38(60)55-42(45(3,4)5)44(62)56-22-29(57)17-34(56)43(61)52-18-26-9-11-27(12-10-26)41-25(2)53-23-63-41/h9-12,15-16,19-21,23,29,34,42,57H,6-8,13-14,17-18,22,47-48H2,1-5H3,(H,50,58)(H,52,61)(H,55,60)(H,51,54,59)/t29-,34+,42-/m1/s1. The van der Waals surface area contributed by atoms with E-state index in [-0.39, 0.29) is 74.7 Å². The highest BCUT2D eigenvalue weighted by atomic mass is 32.1. The first-order valence-corrected chi connectivity index (χ1v) is 21.5. The highest BCUT2D eigenvalue weighted by Gasteiger charge is 2.44. The molecule has 0 spiro atoms. The predicted molar refractivity (Wildman–Crippen MR) is 240 cm³/mol. The van der Waals surface area contributed by atoms with Gasteiger partial charge in [-0.05, 0) is 59.9 Å². The molecule has 5 aromatic rings. The minimum Gasteiger partial charge on any atom is -0.397 e. The number of pyridine rings is 2. The summed E-state index contributed by atoms with van der Waals surface area (Å²) in [5.74, 6) is -2.57. The zero-order valence-electron chi connectivity index (χ0n) is 35.9. The van der Waals surface area contributed by atoms with Gasteiger partial charge in [0.2, 0.25) is 29.5 Å². The third-order valence-electron chi connectivity index (χ3n) is 11.0. The molecule has 1 saturated heterocycles. The minimum absolute atomic E-state index is 0.000909. The van der Waals surface area contributed by atoms with Crippen LogP contribution >= 0.6 is 11.3 Å². The summed E-state index contributed by atoms with van der Waals surface area (Å²) in [7, 11) is 0. The molecule has 3 aromatic heterocycles. The van der Waals surface area contributed by atoms with Crippen molar-refractivity contribution in [3.63, 3.8) is 0 Å². The Morgan fingerprint density at radius 3 is 2.37 bits per heavy atom. The zero-order chi connectivity index (χ0) is 45.6. The zero-order valence-corrected chi connectivity index (χ0v) is 36.7. The van der Waals surface area contributed by atoms with Gasteiger partial charge < -0.3 is 42.7 Å². The molecule has 9 N–H and O–H groups in total. The maximum absolute atomic E-state index is 15.3. The van der Waals surface area contributed by atoms with Gasteiger partial charge in [0.15, 0.2) is 5.82 Å². The van der Waals surface area contributed by atoms with Gasteiger partial charge in [-0.2, -0.15) is 0 Å². The van der Waals surface area contributed by atoms with Gasteiger partial charge in [-0.1, -0.05) is 45.0 Å². The summed E-state index contributed by atoms with van der Waals surface area (Å²) in [5.41, 5.74) is 17.6. The Kier molecular flexibility index (Phi) is 14.4. The Balaban J connectivity index is 0.950. The Morgan fingerprint density at radius 2 is 1.67 bits per heavy atom. The van der Waals surface area contributed by atoms with Gasteiger partial charge in [0.25, 0.3) is 0 Å². The lowest BCUT2D eigenvalue weighted by Gasteiger charge is -2.35. The summed E-state index contributed by atoms with van der Waals surface area (Å²) in [6, 6.07) is 8.99. The van der Waals surface area contributed by atoms with Crippen molar-refractivity contribution in [2.45, 2.75) is 91.5 Å². The smallest absolute Gasteiger partial charge is 0.246 e. The number of aliphatic hydroxyl groups is 1. The van der Waals surface area contributed by atoms with Gasteiger partial charge in [0, 0.05) is 74.2 Å². The number of likely N-dealkylation sites (tertiary alicyclic amines) is 1. The first-order chi connectivity index (χ1) is 29.9. The largest absolute Gasteiger partial charge is 0.397 e. The Labute approximate surface area is 368 Å². The molecule has 16 nitrogen and oxygen atoms in total. The minimum atomic E-state index is -1.02. The molecule has 0 bridgehead atoms. The topological polar surface area (TPSA) is 248 Å². The fourth-order valence-corrected chi connectivity index (χ4v) is 8.22. The van der Waals surface area contributed by atoms with E-state index in [0.29, 0.717) is 27.6 Å². The van der Waals surface area contributed by atoms with Crippen LogP contribution in [0.4, 0.5) is 21.6 Å². The third kappa shape index (κ3) is 11.1. The number of aromatic nitrogens is 3. The number of nitrogens with zero attached hydrogens (tertiary/aromatic N) is 4. The second kappa shape index (κ2) is 19.7. The Hall–Kier alpha value is -6.53. The number of aliphatic hydroxyl groups excluding tert-OH is 1. The third-order valence-corrected chi connectivity index (χ3v) is 12.0. The van der Waals surface area contributed by atoms with Gasteiger partial charge in [0.1, 0.15) is 17.9 Å². The van der Waals surface area contributed by atoms with E-state index >= 15 is 4.39 Å². The lowest BCUT2D eigenvalue weighted by molar-refractivity contribution is -0.144. The molecule has 0 unspecified atom stereocenters. The van der Waals surface area contributed by atoms with Crippen molar-refractivity contribution in [2.24, 2.45) is 5.41 Å². The summed E-state index contributed by atoms with van der Waals surface area (Å²) in [6.45, 7) is 9.22. The number of carbonyl (C=O) groups is 5. The molecular formula is C45H53FN10O6S. The molecule has 332 valence electrons. The fraction of sp³-hybridized carbons (Fsp3) is 0.378. The first kappa shape index (κ1) is 46.0. The Morgan fingerprint density at radius 1 is 0.937 bits per heavy atom. The van der Waals surface area contributed by atoms with E-state index < -0.39 is 53.0 Å². The summed E-state index contributed by atoms with van der Waals surface area (Å²) < 4.78 is 15.3. The molecule has 4 heterocycles. The quantitative estimate of drug-likeness (QED) is 0.0707. The molecule has 0 aliphatic carbocycles. The number of aryl methyl sites for hydroxylation is 1. The number of anilines is 3. The van der Waals surface area contributed by atoms with Crippen LogP contribution in [0.1, 0.15) is 69.7 Å². The maximum atomic E-state index is 15.3. The van der Waals surface area contributed by atoms with E-state index in [4.69, 9.17) is 11.5 Å². The van der Waals surface area contributed by atoms with Crippen LogP contribution < -0.4 is 32.7 Å². The highest BCUT2D eigenvalue weighted by molar-refractivity contribution is 7.13. The van der Waals surface area contributed by atoms with Crippen LogP contribution in [0.25, 0.3) is 32.3 Å². The van der Waals surface area contributed by atoms with E-state index in [0.717, 1.165) is 21.7 Å². The molecule has 63 heavy (non-hydrogen) atoms. The molecule has 1 fully saturated rings. The number of hydrogen-bond donors (Lipinski definition) is 7. The molecule has 6 rings (SSSR count). The van der Waals surface area contributed by atoms with Gasteiger partial charge in [-0.25, -0.2) is 14.4 Å². The lowest BCUT2D eigenvalue weighted by atomic mass is 9.85. The van der Waals surface area contributed by atoms with Crippen LogP contribution in [0.5, 0.6) is 0 Å². The SMILES string of the molecule is Cc1ncsc1-c1ccc(CNC(=O)[C@@H]2C[C@@H](O)CN2C(=O)[C@@H](NC(=O)CCNC(=O)CCCC(=O)Nc2cc3cc(-c4cncc(N)c4C)c(F)c(N)c3cn2)C(C)(C)C)cc1.